The molecule has 0 spiro atoms. The summed E-state index contributed by atoms with van der Waals surface area (Å²) in [6, 6.07) is 7.60. The number of fused-ring (bicyclic) bond motifs is 1. The van der Waals surface area contributed by atoms with E-state index in [0.717, 1.165) is 19.1 Å². The SMILES string of the molecule is CCOc1cc(C(CS(C)(=O)=O)N2Cc3c(Cl)ccc(NC(=O)C4CC4)c3C2=O)ccc1OC. The molecule has 0 saturated heterocycles. The minimum absolute atomic E-state index is 0.0341. The van der Waals surface area contributed by atoms with Crippen molar-refractivity contribution in [2.24, 2.45) is 5.92 Å². The number of nitrogens with one attached hydrogen (secondary N) is 1. The zero-order valence-electron chi connectivity index (χ0n) is 19.3. The van der Waals surface area contributed by atoms with Crippen LogP contribution in [0.1, 0.15) is 47.3 Å². The average Bonchev–Trinajstić information content (AvgIpc) is 3.57. The van der Waals surface area contributed by atoms with E-state index in [1.54, 1.807) is 30.3 Å². The minimum atomic E-state index is -3.47. The minimum Gasteiger partial charge on any atom is -0.493 e. The van der Waals surface area contributed by atoms with Crippen LogP contribution < -0.4 is 14.8 Å². The van der Waals surface area contributed by atoms with Gasteiger partial charge in [0.25, 0.3) is 5.91 Å². The molecule has 1 saturated carbocycles. The highest BCUT2D eigenvalue weighted by atomic mass is 35.5. The molecule has 0 bridgehead atoms. The monoisotopic (exact) mass is 506 g/mol. The van der Waals surface area contributed by atoms with Crippen LogP contribution in [0, 0.1) is 5.92 Å². The lowest BCUT2D eigenvalue weighted by molar-refractivity contribution is -0.117. The Balaban J connectivity index is 1.74. The topological polar surface area (TPSA) is 102 Å². The first-order chi connectivity index (χ1) is 16.1. The van der Waals surface area contributed by atoms with E-state index < -0.39 is 15.9 Å². The van der Waals surface area contributed by atoms with Gasteiger partial charge >= 0.3 is 0 Å². The number of hydrogen-bond acceptors (Lipinski definition) is 6. The maximum absolute atomic E-state index is 13.6. The molecule has 1 aliphatic heterocycles. The van der Waals surface area contributed by atoms with Crippen LogP contribution in [-0.4, -0.2) is 50.9 Å². The van der Waals surface area contributed by atoms with Crippen LogP contribution in [0.5, 0.6) is 11.5 Å². The molecule has 2 aliphatic rings. The molecule has 10 heteroatoms. The third-order valence-corrected chi connectivity index (χ3v) is 7.25. The second kappa shape index (κ2) is 9.46. The molecular weight excluding hydrogens is 480 g/mol. The maximum atomic E-state index is 13.6. The number of carbonyl (C=O) groups excluding carboxylic acids is 2. The first-order valence-corrected chi connectivity index (χ1v) is 13.5. The number of anilines is 1. The van der Waals surface area contributed by atoms with E-state index in [0.29, 0.717) is 45.5 Å². The molecule has 1 atom stereocenters. The van der Waals surface area contributed by atoms with Crippen LogP contribution in [0.25, 0.3) is 0 Å². The zero-order valence-corrected chi connectivity index (χ0v) is 20.8. The summed E-state index contributed by atoms with van der Waals surface area (Å²) in [6.45, 7) is 2.35. The number of benzene rings is 2. The molecule has 2 aromatic rings. The van der Waals surface area contributed by atoms with Gasteiger partial charge in [-0.25, -0.2) is 8.42 Å². The molecular formula is C24H27ClN2O6S. The van der Waals surface area contributed by atoms with E-state index in [9.17, 15) is 18.0 Å². The Morgan fingerprint density at radius 3 is 2.59 bits per heavy atom. The number of hydrogen-bond donors (Lipinski definition) is 1. The van der Waals surface area contributed by atoms with Gasteiger partial charge in [-0.3, -0.25) is 9.59 Å². The highest BCUT2D eigenvalue weighted by Gasteiger charge is 2.39. The lowest BCUT2D eigenvalue weighted by Gasteiger charge is -2.28. The summed E-state index contributed by atoms with van der Waals surface area (Å²) in [4.78, 5) is 27.5. The molecule has 0 radical (unpaired) electrons. The summed E-state index contributed by atoms with van der Waals surface area (Å²) in [5.41, 5.74) is 1.86. The molecule has 1 aliphatic carbocycles. The molecule has 1 N–H and O–H groups in total. The van der Waals surface area contributed by atoms with Crippen molar-refractivity contribution in [1.82, 2.24) is 4.90 Å². The number of amides is 2. The Morgan fingerprint density at radius 2 is 1.97 bits per heavy atom. The molecule has 1 fully saturated rings. The second-order valence-electron chi connectivity index (χ2n) is 8.60. The van der Waals surface area contributed by atoms with Crippen molar-refractivity contribution >= 4 is 38.9 Å². The summed E-state index contributed by atoms with van der Waals surface area (Å²) in [6.07, 6.45) is 2.80. The molecule has 8 nitrogen and oxygen atoms in total. The molecule has 1 heterocycles. The summed E-state index contributed by atoms with van der Waals surface area (Å²) in [5.74, 6) is 0.138. The molecule has 2 amide bonds. The van der Waals surface area contributed by atoms with E-state index in [1.807, 2.05) is 6.92 Å². The van der Waals surface area contributed by atoms with E-state index >= 15 is 0 Å². The molecule has 0 aromatic heterocycles. The van der Waals surface area contributed by atoms with Crippen LogP contribution >= 0.6 is 11.6 Å². The fourth-order valence-electron chi connectivity index (χ4n) is 4.16. The Hall–Kier alpha value is -2.78. The summed E-state index contributed by atoms with van der Waals surface area (Å²) in [7, 11) is -1.95. The van der Waals surface area contributed by atoms with Crippen molar-refractivity contribution < 1.29 is 27.5 Å². The van der Waals surface area contributed by atoms with Crippen molar-refractivity contribution in [2.75, 3.05) is 31.0 Å². The van der Waals surface area contributed by atoms with E-state index in [1.165, 1.54) is 12.0 Å². The van der Waals surface area contributed by atoms with Crippen LogP contribution in [-0.2, 0) is 21.2 Å². The number of rotatable bonds is 9. The predicted octanol–water partition coefficient (Wildman–Crippen LogP) is 3.84. The van der Waals surface area contributed by atoms with Crippen LogP contribution in [0.15, 0.2) is 30.3 Å². The number of sulfone groups is 1. The van der Waals surface area contributed by atoms with Gasteiger partial charge in [-0.05, 0) is 49.6 Å². The van der Waals surface area contributed by atoms with Gasteiger partial charge in [0.1, 0.15) is 9.84 Å². The first kappa shape index (κ1) is 24.3. The van der Waals surface area contributed by atoms with Gasteiger partial charge in [0.05, 0.1) is 36.8 Å². The van der Waals surface area contributed by atoms with Crippen molar-refractivity contribution in [3.05, 3.63) is 52.0 Å². The average molecular weight is 507 g/mol. The molecule has 4 rings (SSSR count). The summed E-state index contributed by atoms with van der Waals surface area (Å²) in [5, 5.41) is 3.24. The number of methoxy groups -OCH3 is 1. The van der Waals surface area contributed by atoms with Crippen molar-refractivity contribution in [2.45, 2.75) is 32.4 Å². The number of ether oxygens (including phenoxy) is 2. The number of halogens is 1. The Morgan fingerprint density at radius 1 is 1.24 bits per heavy atom. The van der Waals surface area contributed by atoms with Crippen molar-refractivity contribution in [3.8, 4) is 11.5 Å². The molecule has 182 valence electrons. The summed E-state index contributed by atoms with van der Waals surface area (Å²) < 4.78 is 35.7. The van der Waals surface area contributed by atoms with Gasteiger partial charge in [0.15, 0.2) is 11.5 Å². The van der Waals surface area contributed by atoms with Gasteiger partial charge in [0, 0.05) is 29.3 Å². The lowest BCUT2D eigenvalue weighted by atomic mass is 10.1. The highest BCUT2D eigenvalue weighted by Crippen LogP contribution is 2.41. The van der Waals surface area contributed by atoms with Gasteiger partial charge in [-0.2, -0.15) is 0 Å². The van der Waals surface area contributed by atoms with Gasteiger partial charge in [0.2, 0.25) is 5.91 Å². The number of carbonyl (C=O) groups is 2. The quantitative estimate of drug-likeness (QED) is 0.554. The first-order valence-electron chi connectivity index (χ1n) is 11.0. The normalized spacial score (nSPS) is 16.2. The predicted molar refractivity (Wildman–Crippen MR) is 129 cm³/mol. The Bertz CT molecular complexity index is 1240. The number of nitrogens with zero attached hydrogens (tertiary/aromatic N) is 1. The Labute approximate surface area is 204 Å². The van der Waals surface area contributed by atoms with E-state index in [-0.39, 0.29) is 30.0 Å². The standard InChI is InChI=1S/C24H27ClN2O6S/c1-4-33-21-11-15(7-10-20(21)32-2)19(13-34(3,30)31)27-12-16-17(25)8-9-18(22(16)24(27)29)26-23(28)14-5-6-14/h7-11,14,19H,4-6,12-13H2,1-3H3,(H,26,28). The van der Waals surface area contributed by atoms with Crippen molar-refractivity contribution in [3.63, 3.8) is 0 Å². The van der Waals surface area contributed by atoms with Crippen LogP contribution in [0.3, 0.4) is 0 Å². The summed E-state index contributed by atoms with van der Waals surface area (Å²) >= 11 is 6.43. The second-order valence-corrected chi connectivity index (χ2v) is 11.2. The fraction of sp³-hybridized carbons (Fsp3) is 0.417. The molecule has 2 aromatic carbocycles. The lowest BCUT2D eigenvalue weighted by Crippen LogP contribution is -2.34. The molecule has 34 heavy (non-hydrogen) atoms. The van der Waals surface area contributed by atoms with Crippen LogP contribution in [0.4, 0.5) is 5.69 Å². The van der Waals surface area contributed by atoms with Crippen molar-refractivity contribution in [1.29, 1.82) is 0 Å². The fourth-order valence-corrected chi connectivity index (χ4v) is 5.33. The third-order valence-electron chi connectivity index (χ3n) is 5.97. The highest BCUT2D eigenvalue weighted by molar-refractivity contribution is 7.90. The maximum Gasteiger partial charge on any atom is 0.257 e. The van der Waals surface area contributed by atoms with E-state index in [2.05, 4.69) is 5.32 Å². The van der Waals surface area contributed by atoms with Crippen LogP contribution in [0.2, 0.25) is 5.02 Å². The van der Waals surface area contributed by atoms with Gasteiger partial charge in [-0.15, -0.1) is 0 Å². The smallest absolute Gasteiger partial charge is 0.257 e. The largest absolute Gasteiger partial charge is 0.493 e. The molecule has 1 unspecified atom stereocenters. The van der Waals surface area contributed by atoms with E-state index in [4.69, 9.17) is 21.1 Å². The van der Waals surface area contributed by atoms with Gasteiger partial charge < -0.3 is 19.7 Å². The third kappa shape index (κ3) is 5.00. The van der Waals surface area contributed by atoms with Gasteiger partial charge in [-0.1, -0.05) is 17.7 Å². The Kier molecular flexibility index (Phi) is 6.78. The zero-order chi connectivity index (χ0) is 24.6.